The van der Waals surface area contributed by atoms with Crippen LogP contribution in [-0.2, 0) is 11.2 Å². The van der Waals surface area contributed by atoms with Gasteiger partial charge in [-0.25, -0.2) is 9.07 Å². The van der Waals surface area contributed by atoms with Crippen molar-refractivity contribution in [3.05, 3.63) is 41.5 Å². The minimum absolute atomic E-state index is 0.156. The van der Waals surface area contributed by atoms with Gasteiger partial charge in [0.15, 0.2) is 0 Å². The van der Waals surface area contributed by atoms with Crippen LogP contribution in [0.4, 0.5) is 4.39 Å². The van der Waals surface area contributed by atoms with E-state index < -0.39 is 0 Å². The molecule has 1 aromatic carbocycles. The van der Waals surface area contributed by atoms with Gasteiger partial charge in [-0.05, 0) is 25.0 Å². The lowest BCUT2D eigenvalue weighted by Crippen LogP contribution is -2.27. The second-order valence-electron chi connectivity index (χ2n) is 4.38. The fourth-order valence-electron chi connectivity index (χ4n) is 1.67. The molecule has 0 aliphatic heterocycles. The highest BCUT2D eigenvalue weighted by Crippen LogP contribution is 2.13. The van der Waals surface area contributed by atoms with E-state index in [1.165, 1.54) is 22.5 Å². The van der Waals surface area contributed by atoms with E-state index in [4.69, 9.17) is 5.84 Å². The summed E-state index contributed by atoms with van der Waals surface area (Å²) in [7, 11) is 0. The highest BCUT2D eigenvalue weighted by molar-refractivity contribution is 7.99. The monoisotopic (exact) mass is 309 g/mol. The first-order chi connectivity index (χ1) is 10.1. The Hall–Kier alpha value is -2.09. The number of carbonyl (C=O) groups is 1. The summed E-state index contributed by atoms with van der Waals surface area (Å²) >= 11 is 1.20. The van der Waals surface area contributed by atoms with E-state index in [1.54, 1.807) is 25.1 Å². The zero-order valence-electron chi connectivity index (χ0n) is 11.5. The summed E-state index contributed by atoms with van der Waals surface area (Å²) in [6.45, 7) is 2.11. The first-order valence-corrected chi connectivity index (χ1v) is 7.36. The Kier molecular flexibility index (Phi) is 5.15. The van der Waals surface area contributed by atoms with Crippen LogP contribution in [0.2, 0.25) is 0 Å². The number of nitrogens with two attached hydrogens (primary N) is 1. The molecule has 0 unspecified atom stereocenters. The second-order valence-corrected chi connectivity index (χ2v) is 5.32. The topological polar surface area (TPSA) is 85.8 Å². The molecular formula is C13H16FN5OS. The Labute approximate surface area is 125 Å². The second kappa shape index (κ2) is 7.07. The zero-order chi connectivity index (χ0) is 15.2. The maximum absolute atomic E-state index is 13.4. The van der Waals surface area contributed by atoms with Crippen molar-refractivity contribution in [2.24, 2.45) is 0 Å². The van der Waals surface area contributed by atoms with Crippen LogP contribution in [0.1, 0.15) is 11.4 Å². The molecule has 0 aliphatic carbocycles. The van der Waals surface area contributed by atoms with Crippen molar-refractivity contribution in [3.8, 4) is 0 Å². The van der Waals surface area contributed by atoms with E-state index in [2.05, 4.69) is 15.5 Å². The van der Waals surface area contributed by atoms with Crippen LogP contribution in [0, 0.1) is 12.7 Å². The summed E-state index contributed by atoms with van der Waals surface area (Å²) in [5.74, 6) is 6.03. The van der Waals surface area contributed by atoms with Gasteiger partial charge in [0, 0.05) is 6.54 Å². The van der Waals surface area contributed by atoms with Crippen LogP contribution in [0.3, 0.4) is 0 Å². The SMILES string of the molecule is Cc1nnc(SCC(=O)NCCc2ccccc2F)n1N. The van der Waals surface area contributed by atoms with Gasteiger partial charge in [0.25, 0.3) is 0 Å². The number of benzene rings is 1. The van der Waals surface area contributed by atoms with Crippen LogP contribution in [0.15, 0.2) is 29.4 Å². The molecule has 1 amide bonds. The van der Waals surface area contributed by atoms with Crippen LogP contribution in [-0.4, -0.2) is 33.1 Å². The molecular weight excluding hydrogens is 293 g/mol. The Bertz CT molecular complexity index is 631. The third-order valence-corrected chi connectivity index (χ3v) is 3.78. The lowest BCUT2D eigenvalue weighted by molar-refractivity contribution is -0.118. The van der Waals surface area contributed by atoms with Crippen LogP contribution in [0.5, 0.6) is 0 Å². The molecule has 1 aromatic heterocycles. The zero-order valence-corrected chi connectivity index (χ0v) is 12.4. The molecule has 0 saturated carbocycles. The standard InChI is InChI=1S/C13H16FN5OS/c1-9-17-18-13(19(9)15)21-8-12(20)16-7-6-10-4-2-3-5-11(10)14/h2-5H,6-8,15H2,1H3,(H,16,20). The van der Waals surface area contributed by atoms with Crippen molar-refractivity contribution in [1.29, 1.82) is 0 Å². The molecule has 0 bridgehead atoms. The van der Waals surface area contributed by atoms with Gasteiger partial charge in [0.1, 0.15) is 11.6 Å². The van der Waals surface area contributed by atoms with E-state index in [0.717, 1.165) is 0 Å². The summed E-state index contributed by atoms with van der Waals surface area (Å²) in [6, 6.07) is 6.52. The van der Waals surface area contributed by atoms with E-state index >= 15 is 0 Å². The molecule has 112 valence electrons. The molecule has 1 heterocycles. The lowest BCUT2D eigenvalue weighted by Gasteiger charge is -2.06. The molecule has 3 N–H and O–H groups in total. The van der Waals surface area contributed by atoms with Crippen molar-refractivity contribution >= 4 is 17.7 Å². The van der Waals surface area contributed by atoms with Gasteiger partial charge in [-0.1, -0.05) is 30.0 Å². The van der Waals surface area contributed by atoms with Crippen LogP contribution < -0.4 is 11.2 Å². The number of hydrogen-bond acceptors (Lipinski definition) is 5. The van der Waals surface area contributed by atoms with Gasteiger partial charge in [-0.15, -0.1) is 10.2 Å². The highest BCUT2D eigenvalue weighted by Gasteiger charge is 2.09. The van der Waals surface area contributed by atoms with Gasteiger partial charge in [-0.2, -0.15) is 0 Å². The molecule has 0 atom stereocenters. The number of rotatable bonds is 6. The van der Waals surface area contributed by atoms with E-state index in [1.807, 2.05) is 0 Å². The number of nitrogens with zero attached hydrogens (tertiary/aromatic N) is 3. The average Bonchev–Trinajstić information content (AvgIpc) is 2.79. The molecule has 0 aliphatic rings. The number of nitrogens with one attached hydrogen (secondary N) is 1. The molecule has 6 nitrogen and oxygen atoms in total. The number of aromatic nitrogens is 3. The fraction of sp³-hybridized carbons (Fsp3) is 0.308. The highest BCUT2D eigenvalue weighted by atomic mass is 32.2. The Morgan fingerprint density at radius 1 is 1.43 bits per heavy atom. The molecule has 21 heavy (non-hydrogen) atoms. The Balaban J connectivity index is 1.73. The minimum atomic E-state index is -0.257. The third-order valence-electron chi connectivity index (χ3n) is 2.84. The fourth-order valence-corrected chi connectivity index (χ4v) is 2.40. The molecule has 2 rings (SSSR count). The maximum atomic E-state index is 13.4. The maximum Gasteiger partial charge on any atom is 0.230 e. The predicted octanol–water partition coefficient (Wildman–Crippen LogP) is 0.890. The van der Waals surface area contributed by atoms with Gasteiger partial charge < -0.3 is 11.2 Å². The first-order valence-electron chi connectivity index (χ1n) is 6.38. The minimum Gasteiger partial charge on any atom is -0.355 e. The summed E-state index contributed by atoms with van der Waals surface area (Å²) in [4.78, 5) is 11.7. The van der Waals surface area contributed by atoms with E-state index in [9.17, 15) is 9.18 Å². The Morgan fingerprint density at radius 2 is 2.19 bits per heavy atom. The molecule has 0 radical (unpaired) electrons. The van der Waals surface area contributed by atoms with E-state index in [0.29, 0.717) is 29.5 Å². The lowest BCUT2D eigenvalue weighted by atomic mass is 10.1. The van der Waals surface area contributed by atoms with Crippen LogP contribution in [0.25, 0.3) is 0 Å². The van der Waals surface area contributed by atoms with Crippen LogP contribution >= 0.6 is 11.8 Å². The Morgan fingerprint density at radius 3 is 2.86 bits per heavy atom. The molecule has 8 heteroatoms. The summed E-state index contributed by atoms with van der Waals surface area (Å²) < 4.78 is 14.7. The smallest absolute Gasteiger partial charge is 0.230 e. The summed E-state index contributed by atoms with van der Waals surface area (Å²) in [5, 5.41) is 10.9. The number of halogens is 1. The number of nitrogen functional groups attached to an aromatic ring is 1. The summed E-state index contributed by atoms with van der Waals surface area (Å²) in [5.41, 5.74) is 0.586. The third kappa shape index (κ3) is 4.19. The van der Waals surface area contributed by atoms with Gasteiger partial charge in [0.2, 0.25) is 11.1 Å². The van der Waals surface area contributed by atoms with Crippen molar-refractivity contribution in [2.75, 3.05) is 18.1 Å². The predicted molar refractivity (Wildman–Crippen MR) is 78.7 cm³/mol. The molecule has 0 saturated heterocycles. The van der Waals surface area contributed by atoms with E-state index in [-0.39, 0.29) is 17.5 Å². The number of aryl methyl sites for hydroxylation is 1. The van der Waals surface area contributed by atoms with Crippen molar-refractivity contribution in [2.45, 2.75) is 18.5 Å². The van der Waals surface area contributed by atoms with Gasteiger partial charge >= 0.3 is 0 Å². The van der Waals surface area contributed by atoms with Crippen molar-refractivity contribution < 1.29 is 9.18 Å². The number of carbonyl (C=O) groups excluding carboxylic acids is 1. The quantitative estimate of drug-likeness (QED) is 0.611. The number of thioether (sulfide) groups is 1. The molecule has 0 spiro atoms. The summed E-state index contributed by atoms with van der Waals surface area (Å²) in [6.07, 6.45) is 0.454. The van der Waals surface area contributed by atoms with Crippen molar-refractivity contribution in [3.63, 3.8) is 0 Å². The van der Waals surface area contributed by atoms with Gasteiger partial charge in [0.05, 0.1) is 5.75 Å². The number of hydrogen-bond donors (Lipinski definition) is 2. The van der Waals surface area contributed by atoms with Gasteiger partial charge in [-0.3, -0.25) is 4.79 Å². The normalized spacial score (nSPS) is 10.6. The average molecular weight is 309 g/mol. The number of amides is 1. The molecule has 2 aromatic rings. The molecule has 0 fully saturated rings. The largest absolute Gasteiger partial charge is 0.355 e. The first kappa shape index (κ1) is 15.3. The van der Waals surface area contributed by atoms with Crippen molar-refractivity contribution in [1.82, 2.24) is 20.2 Å².